The fraction of sp³-hybridized carbons (Fsp3) is 0.500. The summed E-state index contributed by atoms with van der Waals surface area (Å²) in [6.45, 7) is 3.47. The number of aliphatic carboxylic acids is 1. The van der Waals surface area contributed by atoms with E-state index in [0.29, 0.717) is 24.2 Å². The number of alkyl halides is 3. The fourth-order valence-electron chi connectivity index (χ4n) is 4.20. The summed E-state index contributed by atoms with van der Waals surface area (Å²) in [5, 5.41) is 9.89. The number of benzene rings is 1. The summed E-state index contributed by atoms with van der Waals surface area (Å²) < 4.78 is 59.6. The molecule has 0 amide bonds. The second-order valence-corrected chi connectivity index (χ2v) is 10.2. The van der Waals surface area contributed by atoms with Gasteiger partial charge >= 0.3 is 17.8 Å². The van der Waals surface area contributed by atoms with Gasteiger partial charge in [-0.2, -0.15) is 13.2 Å². The first kappa shape index (κ1) is 27.3. The highest BCUT2D eigenvalue weighted by atomic mass is 35.5. The Balaban J connectivity index is 2.18. The summed E-state index contributed by atoms with van der Waals surface area (Å²) in [6.07, 6.45) is -3.91. The first-order valence-corrected chi connectivity index (χ1v) is 11.8. The Morgan fingerprint density at radius 1 is 1.31 bits per heavy atom. The summed E-state index contributed by atoms with van der Waals surface area (Å²) in [5.41, 5.74) is -5.62. The van der Waals surface area contributed by atoms with E-state index in [1.54, 1.807) is 6.92 Å². The van der Waals surface area contributed by atoms with Crippen LogP contribution in [0.1, 0.15) is 37.4 Å². The zero-order valence-electron chi connectivity index (χ0n) is 19.0. The van der Waals surface area contributed by atoms with Crippen LogP contribution in [-0.4, -0.2) is 38.2 Å². The van der Waals surface area contributed by atoms with Crippen molar-refractivity contribution in [3.8, 4) is 5.69 Å². The molecule has 2 heterocycles. The van der Waals surface area contributed by atoms with Crippen LogP contribution >= 0.6 is 23.4 Å². The Bertz CT molecular complexity index is 1230. The molecule has 1 aromatic carbocycles. The number of nitrogens with zero attached hydrogens (tertiary/aromatic N) is 2. The van der Waals surface area contributed by atoms with Gasteiger partial charge in [0.2, 0.25) is 0 Å². The van der Waals surface area contributed by atoms with Gasteiger partial charge in [-0.3, -0.25) is 14.2 Å². The summed E-state index contributed by atoms with van der Waals surface area (Å²) in [4.78, 5) is 37.9. The van der Waals surface area contributed by atoms with Crippen LogP contribution in [0.4, 0.5) is 17.6 Å². The number of ether oxygens (including phenoxy) is 1. The highest BCUT2D eigenvalue weighted by Gasteiger charge is 2.42. The zero-order valence-corrected chi connectivity index (χ0v) is 20.6. The van der Waals surface area contributed by atoms with Crippen LogP contribution in [0.5, 0.6) is 0 Å². The van der Waals surface area contributed by atoms with Crippen LogP contribution in [0.2, 0.25) is 5.02 Å². The molecule has 3 rings (SSSR count). The molecule has 7 nitrogen and oxygen atoms in total. The van der Waals surface area contributed by atoms with Gasteiger partial charge in [0.15, 0.2) is 0 Å². The maximum Gasteiger partial charge on any atom is 0.432 e. The molecule has 0 bridgehead atoms. The minimum absolute atomic E-state index is 0.0234. The Hall–Kier alpha value is -2.31. The third-order valence-corrected chi connectivity index (χ3v) is 8.12. The standard InChI is InChI=1S/C22H23ClF4N2O5S/c1-4-21(19(31)32,9-12-5-6-34-10-12)35-16-8-15(14(24)7-13(16)23)29-18(30)11(2)17(22(25,26)27)28(3)20(29)33/h7-8,12H,4-6,9-10H2,1-3H3,(H,31,32). The van der Waals surface area contributed by atoms with Crippen molar-refractivity contribution >= 4 is 29.3 Å². The van der Waals surface area contributed by atoms with Gasteiger partial charge in [-0.15, -0.1) is 11.8 Å². The lowest BCUT2D eigenvalue weighted by atomic mass is 9.91. The van der Waals surface area contributed by atoms with Crippen LogP contribution in [0, 0.1) is 18.7 Å². The van der Waals surface area contributed by atoms with E-state index in [-0.39, 0.29) is 33.2 Å². The zero-order chi connectivity index (χ0) is 26.3. The number of hydrogen-bond donors (Lipinski definition) is 1. The number of carbonyl (C=O) groups is 1. The Labute approximate surface area is 206 Å². The summed E-state index contributed by atoms with van der Waals surface area (Å²) in [5.74, 6) is -2.28. The van der Waals surface area contributed by atoms with E-state index in [9.17, 15) is 37.1 Å². The molecule has 2 unspecified atom stereocenters. The van der Waals surface area contributed by atoms with Gasteiger partial charge < -0.3 is 9.84 Å². The van der Waals surface area contributed by atoms with Gasteiger partial charge in [-0.1, -0.05) is 18.5 Å². The molecule has 2 atom stereocenters. The van der Waals surface area contributed by atoms with Crippen LogP contribution in [0.15, 0.2) is 26.6 Å². The average molecular weight is 539 g/mol. The van der Waals surface area contributed by atoms with E-state index >= 15 is 0 Å². The first-order chi connectivity index (χ1) is 16.2. The molecule has 192 valence electrons. The summed E-state index contributed by atoms with van der Waals surface area (Å²) in [6, 6.07) is 1.83. The lowest BCUT2D eigenvalue weighted by molar-refractivity contribution is -0.144. The van der Waals surface area contributed by atoms with E-state index in [1.807, 2.05) is 0 Å². The van der Waals surface area contributed by atoms with E-state index in [1.165, 1.54) is 0 Å². The highest BCUT2D eigenvalue weighted by molar-refractivity contribution is 8.01. The first-order valence-electron chi connectivity index (χ1n) is 10.6. The Morgan fingerprint density at radius 2 is 1.97 bits per heavy atom. The topological polar surface area (TPSA) is 90.5 Å². The summed E-state index contributed by atoms with van der Waals surface area (Å²) >= 11 is 7.05. The number of aromatic nitrogens is 2. The van der Waals surface area contributed by atoms with E-state index in [2.05, 4.69) is 0 Å². The number of hydrogen-bond acceptors (Lipinski definition) is 5. The molecule has 2 aromatic rings. The van der Waals surface area contributed by atoms with Crippen molar-refractivity contribution in [3.63, 3.8) is 0 Å². The number of carboxylic acids is 1. The van der Waals surface area contributed by atoms with Crippen LogP contribution in [0.25, 0.3) is 5.69 Å². The Kier molecular flexibility index (Phi) is 7.78. The molecule has 1 aliphatic rings. The molecule has 0 aliphatic carbocycles. The molecule has 1 fully saturated rings. The summed E-state index contributed by atoms with van der Waals surface area (Å²) in [7, 11) is 0.827. The predicted octanol–water partition coefficient (Wildman–Crippen LogP) is 4.41. The maximum absolute atomic E-state index is 14.9. The molecule has 1 N–H and O–H groups in total. The van der Waals surface area contributed by atoms with Crippen LogP contribution < -0.4 is 11.2 Å². The molecule has 0 saturated carbocycles. The van der Waals surface area contributed by atoms with Crippen molar-refractivity contribution in [1.82, 2.24) is 9.13 Å². The molecule has 1 saturated heterocycles. The molecule has 13 heteroatoms. The molecule has 35 heavy (non-hydrogen) atoms. The van der Waals surface area contributed by atoms with Crippen molar-refractivity contribution in [1.29, 1.82) is 0 Å². The number of carboxylic acid groups (broad SMARTS) is 1. The van der Waals surface area contributed by atoms with Crippen molar-refractivity contribution in [2.24, 2.45) is 13.0 Å². The third-order valence-electron chi connectivity index (χ3n) is 6.11. The van der Waals surface area contributed by atoms with Gasteiger partial charge in [0, 0.05) is 30.7 Å². The van der Waals surface area contributed by atoms with E-state index in [0.717, 1.165) is 37.9 Å². The monoisotopic (exact) mass is 538 g/mol. The smallest absolute Gasteiger partial charge is 0.432 e. The van der Waals surface area contributed by atoms with Crippen molar-refractivity contribution < 1.29 is 32.2 Å². The minimum atomic E-state index is -4.98. The highest BCUT2D eigenvalue weighted by Crippen LogP contribution is 2.45. The molecule has 1 aliphatic heterocycles. The number of thioether (sulfide) groups is 1. The maximum atomic E-state index is 14.9. The SMILES string of the molecule is CCC(CC1CCOC1)(Sc1cc(-n2c(=O)c(C)c(C(F)(F)F)n(C)c2=O)c(F)cc1Cl)C(=O)O. The van der Waals surface area contributed by atoms with Crippen molar-refractivity contribution in [2.75, 3.05) is 13.2 Å². The lowest BCUT2D eigenvalue weighted by Crippen LogP contribution is -2.43. The number of halogens is 5. The van der Waals surface area contributed by atoms with Crippen LogP contribution in [0.3, 0.4) is 0 Å². The molecule has 1 aromatic heterocycles. The third kappa shape index (κ3) is 5.14. The predicted molar refractivity (Wildman–Crippen MR) is 122 cm³/mol. The van der Waals surface area contributed by atoms with Crippen LogP contribution in [-0.2, 0) is 22.8 Å². The van der Waals surface area contributed by atoms with Gasteiger partial charge in [0.25, 0.3) is 5.56 Å². The average Bonchev–Trinajstić information content (AvgIpc) is 3.26. The quantitative estimate of drug-likeness (QED) is 0.415. The van der Waals surface area contributed by atoms with E-state index < -0.39 is 50.9 Å². The lowest BCUT2D eigenvalue weighted by Gasteiger charge is -2.30. The molecular formula is C22H23ClF4N2O5S. The van der Waals surface area contributed by atoms with Gasteiger partial charge in [-0.25, -0.2) is 13.8 Å². The Morgan fingerprint density at radius 3 is 2.49 bits per heavy atom. The fourth-order valence-corrected chi connectivity index (χ4v) is 5.76. The molecule has 0 radical (unpaired) electrons. The van der Waals surface area contributed by atoms with Gasteiger partial charge in [-0.05, 0) is 44.2 Å². The largest absolute Gasteiger partial charge is 0.480 e. The van der Waals surface area contributed by atoms with Crippen molar-refractivity contribution in [2.45, 2.75) is 48.9 Å². The normalized spacial score (nSPS) is 18.0. The molecule has 0 spiro atoms. The van der Waals surface area contributed by atoms with Gasteiger partial charge in [0.05, 0.1) is 10.7 Å². The second-order valence-electron chi connectivity index (χ2n) is 8.38. The second kappa shape index (κ2) is 9.98. The number of rotatable bonds is 7. The van der Waals surface area contributed by atoms with E-state index in [4.69, 9.17) is 16.3 Å². The minimum Gasteiger partial charge on any atom is -0.480 e. The van der Waals surface area contributed by atoms with Gasteiger partial charge in [0.1, 0.15) is 16.3 Å². The molecular weight excluding hydrogens is 516 g/mol. The van der Waals surface area contributed by atoms with Crippen molar-refractivity contribution in [3.05, 3.63) is 55.1 Å².